The molecule has 1 aromatic carbocycles. The topological polar surface area (TPSA) is 59.3 Å². The summed E-state index contributed by atoms with van der Waals surface area (Å²) in [7, 11) is 0. The molecule has 1 N–H and O–H groups in total. The van der Waals surface area contributed by atoms with E-state index in [1.165, 1.54) is 24.4 Å². The molecule has 0 unspecified atom stereocenters. The predicted octanol–water partition coefficient (Wildman–Crippen LogP) is 2.95. The highest BCUT2D eigenvalue weighted by atomic mass is 19.1. The Kier molecular flexibility index (Phi) is 3.04. The van der Waals surface area contributed by atoms with E-state index < -0.39 is 17.2 Å². The van der Waals surface area contributed by atoms with Crippen LogP contribution in [0.3, 0.4) is 0 Å². The van der Waals surface area contributed by atoms with Crippen molar-refractivity contribution in [2.24, 2.45) is 0 Å². The van der Waals surface area contributed by atoms with Crippen molar-refractivity contribution in [3.05, 3.63) is 46.0 Å². The Morgan fingerprint density at radius 1 is 1.30 bits per heavy atom. The van der Waals surface area contributed by atoms with Gasteiger partial charge < -0.3 is 9.67 Å². The SMILES string of the molecule is O=C(O)c1cn(C2CCCC2)c2c(F)cccc2c1=O. The van der Waals surface area contributed by atoms with Gasteiger partial charge in [0.2, 0.25) is 5.43 Å². The molecule has 4 nitrogen and oxygen atoms in total. The molecule has 0 bridgehead atoms. The first-order valence-electron chi connectivity index (χ1n) is 6.66. The molecule has 1 heterocycles. The lowest BCUT2D eigenvalue weighted by Gasteiger charge is -2.18. The number of aromatic carboxylic acids is 1. The lowest BCUT2D eigenvalue weighted by molar-refractivity contribution is 0.0694. The average Bonchev–Trinajstić information content (AvgIpc) is 2.93. The number of carboxylic acids is 1. The molecule has 1 saturated carbocycles. The molecule has 0 saturated heterocycles. The molecule has 0 atom stereocenters. The Bertz CT molecular complexity index is 745. The maximum Gasteiger partial charge on any atom is 0.341 e. The van der Waals surface area contributed by atoms with Crippen molar-refractivity contribution in [3.8, 4) is 0 Å². The summed E-state index contributed by atoms with van der Waals surface area (Å²) in [4.78, 5) is 23.3. The summed E-state index contributed by atoms with van der Waals surface area (Å²) in [6.45, 7) is 0. The second kappa shape index (κ2) is 4.74. The van der Waals surface area contributed by atoms with Crippen LogP contribution in [0.4, 0.5) is 4.39 Å². The van der Waals surface area contributed by atoms with Gasteiger partial charge in [-0.05, 0) is 25.0 Å². The lowest BCUT2D eigenvalue weighted by Crippen LogP contribution is -2.21. The fraction of sp³-hybridized carbons (Fsp3) is 0.333. The van der Waals surface area contributed by atoms with E-state index in [1.807, 2.05) is 0 Å². The highest BCUT2D eigenvalue weighted by Crippen LogP contribution is 2.32. The minimum absolute atomic E-state index is 0.0631. The Balaban J connectivity index is 2.39. The zero-order chi connectivity index (χ0) is 14.3. The Morgan fingerprint density at radius 3 is 2.65 bits per heavy atom. The van der Waals surface area contributed by atoms with Gasteiger partial charge in [0.05, 0.1) is 5.52 Å². The van der Waals surface area contributed by atoms with Gasteiger partial charge in [-0.25, -0.2) is 9.18 Å². The lowest BCUT2D eigenvalue weighted by atomic mass is 10.1. The number of aromatic nitrogens is 1. The largest absolute Gasteiger partial charge is 0.477 e. The zero-order valence-electron chi connectivity index (χ0n) is 10.8. The minimum Gasteiger partial charge on any atom is -0.477 e. The van der Waals surface area contributed by atoms with Crippen molar-refractivity contribution < 1.29 is 14.3 Å². The first-order chi connectivity index (χ1) is 9.59. The van der Waals surface area contributed by atoms with Gasteiger partial charge in [-0.15, -0.1) is 0 Å². The van der Waals surface area contributed by atoms with E-state index in [0.717, 1.165) is 25.7 Å². The van der Waals surface area contributed by atoms with Crippen LogP contribution in [0, 0.1) is 5.82 Å². The van der Waals surface area contributed by atoms with Crippen LogP contribution in [-0.2, 0) is 0 Å². The number of fused-ring (bicyclic) bond motifs is 1. The number of pyridine rings is 1. The summed E-state index contributed by atoms with van der Waals surface area (Å²) in [5.74, 6) is -1.75. The monoisotopic (exact) mass is 275 g/mol. The number of nitrogens with zero attached hydrogens (tertiary/aromatic N) is 1. The molecule has 1 aromatic heterocycles. The van der Waals surface area contributed by atoms with Gasteiger partial charge in [0, 0.05) is 17.6 Å². The maximum atomic E-state index is 14.1. The number of halogens is 1. The summed E-state index contributed by atoms with van der Waals surface area (Å²) in [5, 5.41) is 9.29. The van der Waals surface area contributed by atoms with Gasteiger partial charge in [-0.3, -0.25) is 4.79 Å². The fourth-order valence-electron chi connectivity index (χ4n) is 2.99. The summed E-state index contributed by atoms with van der Waals surface area (Å²) in [6, 6.07) is 4.28. The number of para-hydroxylation sites is 1. The van der Waals surface area contributed by atoms with Crippen LogP contribution in [-0.4, -0.2) is 15.6 Å². The van der Waals surface area contributed by atoms with E-state index in [0.29, 0.717) is 0 Å². The Hall–Kier alpha value is -2.17. The van der Waals surface area contributed by atoms with Crippen LogP contribution < -0.4 is 5.43 Å². The third kappa shape index (κ3) is 1.90. The zero-order valence-corrected chi connectivity index (χ0v) is 10.8. The van der Waals surface area contributed by atoms with Crippen LogP contribution in [0.15, 0.2) is 29.2 Å². The third-order valence-corrected chi connectivity index (χ3v) is 3.95. The van der Waals surface area contributed by atoms with Gasteiger partial charge in [-0.2, -0.15) is 0 Å². The molecular weight excluding hydrogens is 261 g/mol. The molecule has 0 spiro atoms. The number of rotatable bonds is 2. The number of hydrogen-bond acceptors (Lipinski definition) is 2. The summed E-state index contributed by atoms with van der Waals surface area (Å²) >= 11 is 0. The van der Waals surface area contributed by atoms with Crippen LogP contribution in [0.25, 0.3) is 10.9 Å². The van der Waals surface area contributed by atoms with Crippen molar-refractivity contribution in [3.63, 3.8) is 0 Å². The van der Waals surface area contributed by atoms with Crippen molar-refractivity contribution in [1.29, 1.82) is 0 Å². The molecule has 3 rings (SSSR count). The Labute approximate surface area is 114 Å². The second-order valence-corrected chi connectivity index (χ2v) is 5.16. The van der Waals surface area contributed by atoms with E-state index in [-0.39, 0.29) is 22.5 Å². The van der Waals surface area contributed by atoms with Crippen molar-refractivity contribution in [2.45, 2.75) is 31.7 Å². The van der Waals surface area contributed by atoms with Gasteiger partial charge in [-0.1, -0.05) is 18.9 Å². The molecule has 1 aliphatic carbocycles. The highest BCUT2D eigenvalue weighted by molar-refractivity contribution is 5.92. The number of carbonyl (C=O) groups is 1. The van der Waals surface area contributed by atoms with E-state index in [4.69, 9.17) is 5.11 Å². The quantitative estimate of drug-likeness (QED) is 0.916. The van der Waals surface area contributed by atoms with Crippen molar-refractivity contribution in [2.75, 3.05) is 0 Å². The average molecular weight is 275 g/mol. The van der Waals surface area contributed by atoms with Crippen LogP contribution in [0.5, 0.6) is 0 Å². The van der Waals surface area contributed by atoms with Gasteiger partial charge in [0.25, 0.3) is 0 Å². The molecule has 5 heteroatoms. The molecule has 2 aromatic rings. The van der Waals surface area contributed by atoms with Gasteiger partial charge >= 0.3 is 5.97 Å². The molecule has 104 valence electrons. The molecule has 20 heavy (non-hydrogen) atoms. The summed E-state index contributed by atoms with van der Waals surface area (Å²) in [5.41, 5.74) is -0.703. The van der Waals surface area contributed by atoms with Gasteiger partial charge in [0.1, 0.15) is 11.4 Å². The smallest absolute Gasteiger partial charge is 0.341 e. The van der Waals surface area contributed by atoms with Gasteiger partial charge in [0.15, 0.2) is 0 Å². The van der Waals surface area contributed by atoms with E-state index in [2.05, 4.69) is 0 Å². The van der Waals surface area contributed by atoms with E-state index in [1.54, 1.807) is 4.57 Å². The standard InChI is InChI=1S/C15H14FNO3/c16-12-7-3-6-10-13(12)17(9-4-1-2-5-9)8-11(14(10)18)15(19)20/h3,6-9H,1-2,4-5H2,(H,19,20). The predicted molar refractivity (Wildman–Crippen MR) is 72.6 cm³/mol. The summed E-state index contributed by atoms with van der Waals surface area (Å²) < 4.78 is 15.7. The van der Waals surface area contributed by atoms with Crippen LogP contribution in [0.2, 0.25) is 0 Å². The first-order valence-corrected chi connectivity index (χ1v) is 6.66. The number of hydrogen-bond donors (Lipinski definition) is 1. The highest BCUT2D eigenvalue weighted by Gasteiger charge is 2.23. The second-order valence-electron chi connectivity index (χ2n) is 5.16. The first kappa shape index (κ1) is 12.8. The fourth-order valence-corrected chi connectivity index (χ4v) is 2.99. The number of carboxylic acid groups (broad SMARTS) is 1. The molecule has 1 aliphatic rings. The van der Waals surface area contributed by atoms with E-state index in [9.17, 15) is 14.0 Å². The normalized spacial score (nSPS) is 15.8. The third-order valence-electron chi connectivity index (χ3n) is 3.95. The van der Waals surface area contributed by atoms with Crippen molar-refractivity contribution >= 4 is 16.9 Å². The molecule has 0 aliphatic heterocycles. The number of benzene rings is 1. The molecule has 1 fully saturated rings. The molecule has 0 amide bonds. The van der Waals surface area contributed by atoms with Crippen LogP contribution in [0.1, 0.15) is 42.1 Å². The van der Waals surface area contributed by atoms with Crippen molar-refractivity contribution in [1.82, 2.24) is 4.57 Å². The minimum atomic E-state index is -1.27. The molecular formula is C15H14FNO3. The van der Waals surface area contributed by atoms with E-state index >= 15 is 0 Å². The maximum absolute atomic E-state index is 14.1. The van der Waals surface area contributed by atoms with Crippen LogP contribution >= 0.6 is 0 Å². The Morgan fingerprint density at radius 2 is 2.00 bits per heavy atom. The summed E-state index contributed by atoms with van der Waals surface area (Å²) in [6.07, 6.45) is 5.13. The molecule has 0 radical (unpaired) electrons.